The van der Waals surface area contributed by atoms with Gasteiger partial charge in [-0.1, -0.05) is 24.3 Å². The second-order valence-electron chi connectivity index (χ2n) is 4.72. The van der Waals surface area contributed by atoms with Crippen LogP contribution >= 0.6 is 11.3 Å². The fraction of sp³-hybridized carbons (Fsp3) is 0.312. The third-order valence-electron chi connectivity index (χ3n) is 3.10. The molecule has 0 saturated heterocycles. The maximum atomic E-state index is 11.7. The number of hydrogen-bond donors (Lipinski definition) is 1. The zero-order valence-electron chi connectivity index (χ0n) is 11.7. The highest BCUT2D eigenvalue weighted by Crippen LogP contribution is 2.11. The van der Waals surface area contributed by atoms with E-state index in [9.17, 15) is 4.79 Å². The summed E-state index contributed by atoms with van der Waals surface area (Å²) in [5.41, 5.74) is 1.21. The number of amides is 1. The Kier molecular flexibility index (Phi) is 5.62. The second-order valence-corrected chi connectivity index (χ2v) is 5.75. The average molecular weight is 288 g/mol. The molecule has 0 aliphatic rings. The molecule has 1 N–H and O–H groups in total. The van der Waals surface area contributed by atoms with Crippen molar-refractivity contribution in [2.75, 3.05) is 25.0 Å². The highest BCUT2D eigenvalue weighted by molar-refractivity contribution is 7.10. The smallest absolute Gasteiger partial charge is 0.225 e. The minimum absolute atomic E-state index is 0.106. The second kappa shape index (κ2) is 7.70. The summed E-state index contributed by atoms with van der Waals surface area (Å²) in [7, 11) is 2.07. The van der Waals surface area contributed by atoms with E-state index < -0.39 is 0 Å². The largest absolute Gasteiger partial charge is 0.375 e. The number of rotatable bonds is 7. The van der Waals surface area contributed by atoms with Crippen molar-refractivity contribution in [3.05, 3.63) is 52.7 Å². The van der Waals surface area contributed by atoms with Crippen molar-refractivity contribution in [2.45, 2.75) is 12.8 Å². The van der Waals surface area contributed by atoms with Gasteiger partial charge in [-0.3, -0.25) is 4.79 Å². The average Bonchev–Trinajstić information content (AvgIpc) is 2.97. The Morgan fingerprint density at radius 2 is 2.00 bits per heavy atom. The van der Waals surface area contributed by atoms with Gasteiger partial charge in [-0.2, -0.15) is 0 Å². The molecule has 20 heavy (non-hydrogen) atoms. The van der Waals surface area contributed by atoms with Crippen LogP contribution in [0.15, 0.2) is 47.8 Å². The summed E-state index contributed by atoms with van der Waals surface area (Å²) in [5, 5.41) is 4.97. The van der Waals surface area contributed by atoms with Crippen LogP contribution in [0.4, 0.5) is 5.69 Å². The Morgan fingerprint density at radius 1 is 1.20 bits per heavy atom. The summed E-state index contributed by atoms with van der Waals surface area (Å²) < 4.78 is 0. The summed E-state index contributed by atoms with van der Waals surface area (Å²) in [4.78, 5) is 15.0. The third-order valence-corrected chi connectivity index (χ3v) is 3.98. The fourth-order valence-electron chi connectivity index (χ4n) is 1.99. The van der Waals surface area contributed by atoms with Gasteiger partial charge in [0.2, 0.25) is 5.91 Å². The highest BCUT2D eigenvalue weighted by atomic mass is 32.1. The van der Waals surface area contributed by atoms with E-state index >= 15 is 0 Å². The van der Waals surface area contributed by atoms with Crippen molar-refractivity contribution in [2.24, 2.45) is 0 Å². The standard InChI is InChI=1S/C16H20N2OS/c1-18(14-7-3-2-4-8-14)11-6-10-17-16(19)13-15-9-5-12-20-15/h2-5,7-9,12H,6,10-11,13H2,1H3,(H,17,19). The van der Waals surface area contributed by atoms with E-state index in [-0.39, 0.29) is 5.91 Å². The van der Waals surface area contributed by atoms with Gasteiger partial charge >= 0.3 is 0 Å². The number of benzene rings is 1. The number of carbonyl (C=O) groups excluding carboxylic acids is 1. The van der Waals surface area contributed by atoms with Crippen LogP contribution < -0.4 is 10.2 Å². The van der Waals surface area contributed by atoms with Crippen molar-refractivity contribution >= 4 is 22.9 Å². The summed E-state index contributed by atoms with van der Waals surface area (Å²) in [6, 6.07) is 14.2. The normalized spacial score (nSPS) is 10.2. The fourth-order valence-corrected chi connectivity index (χ4v) is 2.69. The van der Waals surface area contributed by atoms with Gasteiger partial charge in [0.1, 0.15) is 0 Å². The first kappa shape index (κ1) is 14.6. The molecule has 1 aromatic heterocycles. The van der Waals surface area contributed by atoms with Crippen molar-refractivity contribution < 1.29 is 4.79 Å². The van der Waals surface area contributed by atoms with Crippen LogP contribution in [-0.2, 0) is 11.2 Å². The Morgan fingerprint density at radius 3 is 2.70 bits per heavy atom. The third kappa shape index (κ3) is 4.70. The topological polar surface area (TPSA) is 32.3 Å². The molecular formula is C16H20N2OS. The maximum Gasteiger partial charge on any atom is 0.225 e. The van der Waals surface area contributed by atoms with Crippen LogP contribution in [0.3, 0.4) is 0 Å². The van der Waals surface area contributed by atoms with Gasteiger partial charge in [-0.15, -0.1) is 11.3 Å². The van der Waals surface area contributed by atoms with Crippen molar-refractivity contribution in [3.63, 3.8) is 0 Å². The molecule has 0 unspecified atom stereocenters. The Bertz CT molecular complexity index is 511. The molecule has 1 amide bonds. The van der Waals surface area contributed by atoms with E-state index in [0.717, 1.165) is 24.4 Å². The molecule has 4 heteroatoms. The summed E-state index contributed by atoms with van der Waals surface area (Å²) in [5.74, 6) is 0.106. The van der Waals surface area contributed by atoms with Gasteiger partial charge in [-0.25, -0.2) is 0 Å². The van der Waals surface area contributed by atoms with Crippen LogP contribution in [-0.4, -0.2) is 26.0 Å². The molecule has 0 bridgehead atoms. The molecule has 3 nitrogen and oxygen atoms in total. The van der Waals surface area contributed by atoms with E-state index in [1.54, 1.807) is 11.3 Å². The predicted molar refractivity (Wildman–Crippen MR) is 85.4 cm³/mol. The number of nitrogens with one attached hydrogen (secondary N) is 1. The molecule has 1 aromatic carbocycles. The molecule has 106 valence electrons. The van der Waals surface area contributed by atoms with Crippen molar-refractivity contribution in [1.29, 1.82) is 0 Å². The lowest BCUT2D eigenvalue weighted by atomic mass is 10.3. The Labute approximate surface area is 124 Å². The van der Waals surface area contributed by atoms with Gasteiger partial charge < -0.3 is 10.2 Å². The van der Waals surface area contributed by atoms with Crippen molar-refractivity contribution in [3.8, 4) is 0 Å². The van der Waals surface area contributed by atoms with Crippen LogP contribution in [0, 0.1) is 0 Å². The van der Waals surface area contributed by atoms with Crippen LogP contribution in [0.5, 0.6) is 0 Å². The summed E-state index contributed by atoms with van der Waals surface area (Å²) in [6.07, 6.45) is 1.44. The lowest BCUT2D eigenvalue weighted by molar-refractivity contribution is -0.120. The molecule has 0 atom stereocenters. The number of thiophene rings is 1. The molecule has 0 saturated carbocycles. The van der Waals surface area contributed by atoms with Gasteiger partial charge in [0.15, 0.2) is 0 Å². The van der Waals surface area contributed by atoms with Gasteiger partial charge in [0.25, 0.3) is 0 Å². The maximum absolute atomic E-state index is 11.7. The number of carbonyl (C=O) groups is 1. The van der Waals surface area contributed by atoms with E-state index in [1.807, 2.05) is 35.7 Å². The molecule has 1 heterocycles. The SMILES string of the molecule is CN(CCCNC(=O)Cc1cccs1)c1ccccc1. The van der Waals surface area contributed by atoms with Crippen LogP contribution in [0.1, 0.15) is 11.3 Å². The molecule has 2 rings (SSSR count). The number of para-hydroxylation sites is 1. The first-order valence-electron chi connectivity index (χ1n) is 6.81. The van der Waals surface area contributed by atoms with E-state index in [1.165, 1.54) is 5.69 Å². The van der Waals surface area contributed by atoms with Crippen molar-refractivity contribution in [1.82, 2.24) is 5.32 Å². The minimum atomic E-state index is 0.106. The zero-order chi connectivity index (χ0) is 14.2. The predicted octanol–water partition coefficient (Wildman–Crippen LogP) is 2.93. The van der Waals surface area contributed by atoms with Gasteiger partial charge in [-0.05, 0) is 30.0 Å². The summed E-state index contributed by atoms with van der Waals surface area (Å²) in [6.45, 7) is 1.66. The summed E-state index contributed by atoms with van der Waals surface area (Å²) >= 11 is 1.62. The molecule has 0 aliphatic heterocycles. The lowest BCUT2D eigenvalue weighted by Gasteiger charge is -2.19. The van der Waals surface area contributed by atoms with E-state index in [2.05, 4.69) is 29.4 Å². The number of nitrogens with zero attached hydrogens (tertiary/aromatic N) is 1. The molecular weight excluding hydrogens is 268 g/mol. The van der Waals surface area contributed by atoms with E-state index in [4.69, 9.17) is 0 Å². The molecule has 0 aliphatic carbocycles. The molecule has 0 fully saturated rings. The Balaban J connectivity index is 1.63. The Hall–Kier alpha value is -1.81. The first-order valence-corrected chi connectivity index (χ1v) is 7.69. The first-order chi connectivity index (χ1) is 9.75. The molecule has 0 spiro atoms. The monoisotopic (exact) mass is 288 g/mol. The highest BCUT2D eigenvalue weighted by Gasteiger charge is 2.04. The number of anilines is 1. The van der Waals surface area contributed by atoms with E-state index in [0.29, 0.717) is 6.42 Å². The van der Waals surface area contributed by atoms with Gasteiger partial charge in [0, 0.05) is 30.7 Å². The zero-order valence-corrected chi connectivity index (χ0v) is 12.5. The van der Waals surface area contributed by atoms with Gasteiger partial charge in [0.05, 0.1) is 6.42 Å². The number of hydrogen-bond acceptors (Lipinski definition) is 3. The molecule has 0 radical (unpaired) electrons. The molecule has 2 aromatic rings. The minimum Gasteiger partial charge on any atom is -0.375 e. The van der Waals surface area contributed by atoms with Crippen LogP contribution in [0.25, 0.3) is 0 Å². The lowest BCUT2D eigenvalue weighted by Crippen LogP contribution is -2.29. The van der Waals surface area contributed by atoms with Crippen LogP contribution in [0.2, 0.25) is 0 Å². The quantitative estimate of drug-likeness (QED) is 0.795.